The molecule has 0 aromatic carbocycles. The summed E-state index contributed by atoms with van der Waals surface area (Å²) in [6.45, 7) is 4.58. The third kappa shape index (κ3) is 4.82. The van der Waals surface area contributed by atoms with Crippen LogP contribution in [0.5, 0.6) is 0 Å². The van der Waals surface area contributed by atoms with Crippen molar-refractivity contribution in [3.63, 3.8) is 0 Å². The molecule has 0 heterocycles. The molecule has 0 aliphatic rings. The summed E-state index contributed by atoms with van der Waals surface area (Å²) >= 11 is 0.200. The minimum absolute atomic E-state index is 0.200. The van der Waals surface area contributed by atoms with Gasteiger partial charge in [0.05, 0.1) is 0 Å². The summed E-state index contributed by atoms with van der Waals surface area (Å²) < 4.78 is 3.11. The zero-order valence-electron chi connectivity index (χ0n) is 4.62. The maximum atomic E-state index is 2.31. The van der Waals surface area contributed by atoms with E-state index in [1.807, 2.05) is 0 Å². The summed E-state index contributed by atoms with van der Waals surface area (Å²) in [4.78, 5) is 0. The van der Waals surface area contributed by atoms with E-state index >= 15 is 0 Å². The van der Waals surface area contributed by atoms with Crippen molar-refractivity contribution in [2.75, 3.05) is 0 Å². The van der Waals surface area contributed by atoms with Crippen molar-refractivity contribution in [2.45, 2.75) is 29.0 Å². The Morgan fingerprint density at radius 1 is 1.33 bits per heavy atom. The fourth-order valence-electron chi connectivity index (χ4n) is 0.354. The van der Waals surface area contributed by atoms with Gasteiger partial charge in [0.15, 0.2) is 0 Å². The monoisotopic (exact) mass is 194 g/mol. The molecule has 0 rings (SSSR count). The van der Waals surface area contributed by atoms with Crippen LogP contribution >= 0.6 is 0 Å². The van der Waals surface area contributed by atoms with Crippen LogP contribution in [0.2, 0.25) is 8.73 Å². The first-order chi connectivity index (χ1) is 2.91. The molecule has 0 saturated carbocycles. The van der Waals surface area contributed by atoms with Gasteiger partial charge in [-0.25, -0.2) is 0 Å². The summed E-state index contributed by atoms with van der Waals surface area (Å²) in [5.41, 5.74) is 0. The van der Waals surface area contributed by atoms with Crippen molar-refractivity contribution in [2.24, 2.45) is 0 Å². The normalized spacial score (nSPS) is 9.00. The van der Waals surface area contributed by atoms with Gasteiger partial charge in [0, 0.05) is 0 Å². The molecule has 0 aromatic rings. The fraction of sp³-hybridized carbons (Fsp3) is 1.00. The molecule has 0 nitrogen and oxygen atoms in total. The molecule has 0 bridgehead atoms. The van der Waals surface area contributed by atoms with Gasteiger partial charge in [-0.3, -0.25) is 0 Å². The van der Waals surface area contributed by atoms with Gasteiger partial charge in [0.1, 0.15) is 0 Å². The third-order valence-electron chi connectivity index (χ3n) is 0.677. The Kier molecular flexibility index (Phi) is 6.61. The van der Waals surface area contributed by atoms with Gasteiger partial charge in [0.25, 0.3) is 0 Å². The minimum atomic E-state index is 0.200. The summed E-state index contributed by atoms with van der Waals surface area (Å²) in [6, 6.07) is 0. The molecular weight excluding hydrogens is 182 g/mol. The second-order valence-electron chi connectivity index (χ2n) is 1.35. The van der Waals surface area contributed by atoms with Crippen LogP contribution in [0.3, 0.4) is 0 Å². The van der Waals surface area contributed by atoms with Crippen molar-refractivity contribution < 1.29 is 0 Å². The summed E-state index contributed by atoms with van der Waals surface area (Å²) in [7, 11) is 0. The predicted molar refractivity (Wildman–Crippen MR) is 32.7 cm³/mol. The van der Waals surface area contributed by atoms with Gasteiger partial charge in [-0.05, 0) is 0 Å². The van der Waals surface area contributed by atoms with Crippen molar-refractivity contribution in [1.82, 2.24) is 0 Å². The summed E-state index contributed by atoms with van der Waals surface area (Å²) in [6.07, 6.45) is 1.43. The third-order valence-corrected chi connectivity index (χ3v) is 4.54. The van der Waals surface area contributed by atoms with Crippen molar-refractivity contribution >= 4 is 21.6 Å². The predicted octanol–water partition coefficient (Wildman–Crippen LogP) is 1.69. The Bertz CT molecular complexity index is 15.9. The Hall–Kier alpha value is 0.818. The van der Waals surface area contributed by atoms with Crippen LogP contribution in [0.4, 0.5) is 0 Å². The number of rotatable bonds is 3. The van der Waals surface area contributed by atoms with Gasteiger partial charge >= 0.3 is 50.6 Å². The summed E-state index contributed by atoms with van der Waals surface area (Å²) in [5.74, 6) is 0. The van der Waals surface area contributed by atoms with Gasteiger partial charge in [-0.15, -0.1) is 0 Å². The standard InChI is InChI=1S/C3H7.C2H5.Sb.H/c1-3-2;1-2;;/h1,3H2,2H3;1H2,2H3;;. The van der Waals surface area contributed by atoms with Crippen LogP contribution < -0.4 is 0 Å². The van der Waals surface area contributed by atoms with E-state index in [4.69, 9.17) is 0 Å². The zero-order chi connectivity index (χ0) is 4.83. The fourth-order valence-corrected chi connectivity index (χ4v) is 2.37. The molecule has 38 valence electrons. The van der Waals surface area contributed by atoms with E-state index < -0.39 is 0 Å². The van der Waals surface area contributed by atoms with Crippen LogP contribution in [0, 0.1) is 0 Å². The average Bonchev–Trinajstić information content (AvgIpc) is 1.61. The van der Waals surface area contributed by atoms with Crippen LogP contribution in [0.15, 0.2) is 0 Å². The topological polar surface area (TPSA) is 0 Å². The van der Waals surface area contributed by atoms with Crippen molar-refractivity contribution in [3.8, 4) is 0 Å². The number of hydrogen-bond donors (Lipinski definition) is 0. The Morgan fingerprint density at radius 2 is 2.00 bits per heavy atom. The van der Waals surface area contributed by atoms with E-state index in [1.54, 1.807) is 4.37 Å². The van der Waals surface area contributed by atoms with Crippen LogP contribution in [0.1, 0.15) is 20.3 Å². The molecule has 0 spiro atoms. The van der Waals surface area contributed by atoms with Gasteiger partial charge < -0.3 is 0 Å². The van der Waals surface area contributed by atoms with Crippen molar-refractivity contribution in [3.05, 3.63) is 0 Å². The van der Waals surface area contributed by atoms with Crippen LogP contribution in [-0.4, -0.2) is 21.6 Å². The molecular formula is C5H13Sb. The summed E-state index contributed by atoms with van der Waals surface area (Å²) in [5, 5.41) is 0. The molecule has 0 fully saturated rings. The molecule has 0 aromatic heterocycles. The van der Waals surface area contributed by atoms with Gasteiger partial charge in [0.2, 0.25) is 0 Å². The Labute approximate surface area is 50.9 Å². The van der Waals surface area contributed by atoms with E-state index in [2.05, 4.69) is 13.8 Å². The average molecular weight is 195 g/mol. The van der Waals surface area contributed by atoms with E-state index in [-0.39, 0.29) is 21.6 Å². The van der Waals surface area contributed by atoms with E-state index in [9.17, 15) is 0 Å². The van der Waals surface area contributed by atoms with Gasteiger partial charge in [-0.1, -0.05) is 0 Å². The second-order valence-corrected chi connectivity index (χ2v) is 6.23. The SMILES string of the molecule is CC[CH2][SbH][CH2]C. The molecule has 0 atom stereocenters. The second kappa shape index (κ2) is 5.82. The van der Waals surface area contributed by atoms with Crippen molar-refractivity contribution in [1.29, 1.82) is 0 Å². The van der Waals surface area contributed by atoms with Crippen LogP contribution in [-0.2, 0) is 0 Å². The van der Waals surface area contributed by atoms with E-state index in [0.29, 0.717) is 0 Å². The molecule has 0 amide bonds. The Morgan fingerprint density at radius 3 is 2.17 bits per heavy atom. The zero-order valence-corrected chi connectivity index (χ0v) is 7.48. The molecule has 6 heavy (non-hydrogen) atoms. The molecule has 0 N–H and O–H groups in total. The Balaban J connectivity index is 2.34. The quantitative estimate of drug-likeness (QED) is 0.474. The first-order valence-corrected chi connectivity index (χ1v) is 6.66. The molecule has 0 saturated heterocycles. The molecule has 1 heteroatoms. The first-order valence-electron chi connectivity index (χ1n) is 2.62. The molecule has 0 unspecified atom stereocenters. The molecule has 0 radical (unpaired) electrons. The van der Waals surface area contributed by atoms with E-state index in [1.165, 1.54) is 10.8 Å². The first kappa shape index (κ1) is 6.82. The van der Waals surface area contributed by atoms with Crippen LogP contribution in [0.25, 0.3) is 0 Å². The van der Waals surface area contributed by atoms with Gasteiger partial charge in [-0.2, -0.15) is 0 Å². The molecule has 0 aliphatic carbocycles. The number of hydrogen-bond acceptors (Lipinski definition) is 0. The molecule has 0 aliphatic heterocycles. The van der Waals surface area contributed by atoms with E-state index in [0.717, 1.165) is 0 Å². The maximum absolute atomic E-state index is 2.31.